The Bertz CT molecular complexity index is 1180. The summed E-state index contributed by atoms with van der Waals surface area (Å²) in [4.78, 5) is 31.4. The molecule has 32 heavy (non-hydrogen) atoms. The monoisotopic (exact) mass is 449 g/mol. The van der Waals surface area contributed by atoms with Gasteiger partial charge in [-0.2, -0.15) is 0 Å². The third kappa shape index (κ3) is 3.93. The Kier molecular flexibility index (Phi) is 5.53. The molecular weight excluding hydrogens is 426 g/mol. The number of ether oxygens (including phenoxy) is 2. The van der Waals surface area contributed by atoms with Crippen LogP contribution in [0.1, 0.15) is 62.5 Å². The molecule has 1 aliphatic carbocycles. The van der Waals surface area contributed by atoms with E-state index in [0.717, 1.165) is 36.8 Å². The van der Waals surface area contributed by atoms with Crippen LogP contribution in [0.4, 0.5) is 5.00 Å². The van der Waals surface area contributed by atoms with Gasteiger partial charge < -0.3 is 20.1 Å². The van der Waals surface area contributed by atoms with Gasteiger partial charge in [0.05, 0.1) is 17.2 Å². The van der Waals surface area contributed by atoms with Crippen LogP contribution in [0, 0.1) is 0 Å². The van der Waals surface area contributed by atoms with Crippen LogP contribution in [0.2, 0.25) is 0 Å². The van der Waals surface area contributed by atoms with E-state index < -0.39 is 0 Å². The predicted molar refractivity (Wildman–Crippen MR) is 122 cm³/mol. The first-order valence-corrected chi connectivity index (χ1v) is 11.5. The van der Waals surface area contributed by atoms with E-state index in [1.165, 1.54) is 22.4 Å². The van der Waals surface area contributed by atoms with Crippen molar-refractivity contribution in [1.29, 1.82) is 0 Å². The van der Waals surface area contributed by atoms with Crippen LogP contribution in [0.5, 0.6) is 11.5 Å². The number of nitrogens with zero attached hydrogens (tertiary/aromatic N) is 1. The van der Waals surface area contributed by atoms with E-state index in [0.29, 0.717) is 27.6 Å². The van der Waals surface area contributed by atoms with E-state index >= 15 is 0 Å². The summed E-state index contributed by atoms with van der Waals surface area (Å²) in [5, 5.41) is 6.65. The Hall–Kier alpha value is -3.39. The molecule has 0 fully saturated rings. The predicted octanol–water partition coefficient (Wildman–Crippen LogP) is 4.49. The average molecular weight is 450 g/mol. The fourth-order valence-electron chi connectivity index (χ4n) is 4.10. The Balaban J connectivity index is 1.40. The molecule has 2 aromatic heterocycles. The summed E-state index contributed by atoms with van der Waals surface area (Å²) in [6, 6.07) is 8.85. The number of anilines is 1. The molecule has 0 saturated heterocycles. The summed E-state index contributed by atoms with van der Waals surface area (Å²) >= 11 is 1.50. The van der Waals surface area contributed by atoms with Gasteiger partial charge in [-0.3, -0.25) is 14.6 Å². The molecule has 0 saturated carbocycles. The molecule has 8 heteroatoms. The van der Waals surface area contributed by atoms with Gasteiger partial charge in [-0.15, -0.1) is 11.3 Å². The van der Waals surface area contributed by atoms with Crippen molar-refractivity contribution >= 4 is 28.2 Å². The molecule has 0 bridgehead atoms. The molecular formula is C24H23N3O4S. The van der Waals surface area contributed by atoms with Crippen LogP contribution >= 0.6 is 11.3 Å². The van der Waals surface area contributed by atoms with Crippen molar-refractivity contribution in [2.24, 2.45) is 0 Å². The average Bonchev–Trinajstić information content (AvgIpc) is 3.43. The van der Waals surface area contributed by atoms with Gasteiger partial charge in [0, 0.05) is 17.3 Å². The van der Waals surface area contributed by atoms with Crippen molar-refractivity contribution in [1.82, 2.24) is 10.3 Å². The normalized spacial score (nSPS) is 15.0. The number of fused-ring (bicyclic) bond motifs is 2. The van der Waals surface area contributed by atoms with Gasteiger partial charge in [0.15, 0.2) is 11.5 Å². The quantitative estimate of drug-likeness (QED) is 0.599. The molecule has 1 aliphatic heterocycles. The van der Waals surface area contributed by atoms with Gasteiger partial charge in [0.25, 0.3) is 11.8 Å². The molecule has 2 N–H and O–H groups in total. The summed E-state index contributed by atoms with van der Waals surface area (Å²) in [5.41, 5.74) is 3.01. The third-order valence-corrected chi connectivity index (χ3v) is 7.00. The molecule has 0 radical (unpaired) electrons. The molecule has 3 aromatic rings. The number of thiophene rings is 1. The van der Waals surface area contributed by atoms with Gasteiger partial charge in [-0.1, -0.05) is 6.07 Å². The van der Waals surface area contributed by atoms with E-state index in [2.05, 4.69) is 15.6 Å². The third-order valence-electron chi connectivity index (χ3n) is 5.79. The zero-order chi connectivity index (χ0) is 22.1. The summed E-state index contributed by atoms with van der Waals surface area (Å²) < 4.78 is 10.8. The fraction of sp³-hybridized carbons (Fsp3) is 0.292. The number of benzene rings is 1. The lowest BCUT2D eigenvalue weighted by atomic mass is 9.95. The Morgan fingerprint density at radius 2 is 1.94 bits per heavy atom. The lowest BCUT2D eigenvalue weighted by Crippen LogP contribution is -2.28. The SMILES string of the molecule is CC(NC(=O)c1c(NC(=O)c2cccnc2)sc2c1CCCC2)c1ccc2c(c1)OCO2. The number of aromatic nitrogens is 1. The molecule has 0 spiro atoms. The van der Waals surface area contributed by atoms with Crippen molar-refractivity contribution in [3.05, 3.63) is 69.9 Å². The van der Waals surface area contributed by atoms with Crippen molar-refractivity contribution in [2.75, 3.05) is 12.1 Å². The van der Waals surface area contributed by atoms with Crippen molar-refractivity contribution in [3.8, 4) is 11.5 Å². The summed E-state index contributed by atoms with van der Waals surface area (Å²) in [6.07, 6.45) is 7.05. The topological polar surface area (TPSA) is 89.6 Å². The summed E-state index contributed by atoms with van der Waals surface area (Å²) in [5.74, 6) is 0.936. The van der Waals surface area contributed by atoms with E-state index in [1.54, 1.807) is 18.3 Å². The smallest absolute Gasteiger partial charge is 0.257 e. The Morgan fingerprint density at radius 3 is 2.78 bits per heavy atom. The number of amides is 2. The minimum atomic E-state index is -0.269. The van der Waals surface area contributed by atoms with Crippen LogP contribution in [0.25, 0.3) is 0 Å². The second-order valence-corrected chi connectivity index (χ2v) is 9.02. The van der Waals surface area contributed by atoms with Gasteiger partial charge in [-0.25, -0.2) is 0 Å². The second kappa shape index (κ2) is 8.63. The maximum absolute atomic E-state index is 13.4. The molecule has 3 heterocycles. The van der Waals surface area contributed by atoms with Gasteiger partial charge >= 0.3 is 0 Å². The van der Waals surface area contributed by atoms with Gasteiger partial charge in [-0.05, 0) is 68.0 Å². The molecule has 2 aliphatic rings. The van der Waals surface area contributed by atoms with Crippen LogP contribution in [0.15, 0.2) is 42.7 Å². The number of nitrogens with one attached hydrogen (secondary N) is 2. The van der Waals surface area contributed by atoms with Gasteiger partial charge in [0.2, 0.25) is 6.79 Å². The maximum atomic E-state index is 13.4. The fourth-order valence-corrected chi connectivity index (χ4v) is 5.38. The lowest BCUT2D eigenvalue weighted by molar-refractivity contribution is 0.0940. The zero-order valence-electron chi connectivity index (χ0n) is 17.6. The van der Waals surface area contributed by atoms with E-state index in [9.17, 15) is 9.59 Å². The van der Waals surface area contributed by atoms with Crippen LogP contribution in [-0.4, -0.2) is 23.6 Å². The van der Waals surface area contributed by atoms with Crippen LogP contribution in [-0.2, 0) is 12.8 Å². The molecule has 5 rings (SSSR count). The van der Waals surface area contributed by atoms with E-state index in [4.69, 9.17) is 9.47 Å². The number of hydrogen-bond acceptors (Lipinski definition) is 6. The molecule has 1 unspecified atom stereocenters. The highest BCUT2D eigenvalue weighted by molar-refractivity contribution is 7.17. The number of carbonyl (C=O) groups is 2. The van der Waals surface area contributed by atoms with Crippen LogP contribution < -0.4 is 20.1 Å². The van der Waals surface area contributed by atoms with Gasteiger partial charge in [0.1, 0.15) is 5.00 Å². The first kappa shape index (κ1) is 20.5. The number of pyridine rings is 1. The highest BCUT2D eigenvalue weighted by Crippen LogP contribution is 2.39. The first-order valence-electron chi connectivity index (χ1n) is 10.7. The second-order valence-electron chi connectivity index (χ2n) is 7.92. The molecule has 164 valence electrons. The van der Waals surface area contributed by atoms with E-state index in [-0.39, 0.29) is 24.6 Å². The van der Waals surface area contributed by atoms with Crippen molar-refractivity contribution in [3.63, 3.8) is 0 Å². The standard InChI is InChI=1S/C24H23N3O4S/c1-14(15-8-9-18-19(11-15)31-13-30-18)26-23(29)21-17-6-2-3-7-20(17)32-24(21)27-22(28)16-5-4-10-25-12-16/h4-5,8-12,14H,2-3,6-7,13H2,1H3,(H,26,29)(H,27,28). The summed E-state index contributed by atoms with van der Waals surface area (Å²) in [7, 11) is 0. The number of hydrogen-bond donors (Lipinski definition) is 2. The highest BCUT2D eigenvalue weighted by Gasteiger charge is 2.28. The highest BCUT2D eigenvalue weighted by atomic mass is 32.1. The Labute approximate surface area is 189 Å². The summed E-state index contributed by atoms with van der Waals surface area (Å²) in [6.45, 7) is 2.14. The van der Waals surface area contributed by atoms with E-state index in [1.807, 2.05) is 25.1 Å². The molecule has 1 aromatic carbocycles. The number of aryl methyl sites for hydroxylation is 1. The van der Waals surface area contributed by atoms with Crippen molar-refractivity contribution < 1.29 is 19.1 Å². The molecule has 7 nitrogen and oxygen atoms in total. The lowest BCUT2D eigenvalue weighted by Gasteiger charge is -2.17. The maximum Gasteiger partial charge on any atom is 0.257 e. The number of rotatable bonds is 5. The molecule has 1 atom stereocenters. The minimum Gasteiger partial charge on any atom is -0.454 e. The zero-order valence-corrected chi connectivity index (χ0v) is 18.5. The first-order chi connectivity index (χ1) is 15.6. The minimum absolute atomic E-state index is 0.184. The largest absolute Gasteiger partial charge is 0.454 e. The van der Waals surface area contributed by atoms with Crippen molar-refractivity contribution in [2.45, 2.75) is 38.6 Å². The van der Waals surface area contributed by atoms with Crippen LogP contribution in [0.3, 0.4) is 0 Å². The molecule has 2 amide bonds. The number of carbonyl (C=O) groups excluding carboxylic acids is 2. The Morgan fingerprint density at radius 1 is 1.09 bits per heavy atom.